The van der Waals surface area contributed by atoms with Crippen molar-refractivity contribution in [1.29, 1.82) is 0 Å². The summed E-state index contributed by atoms with van der Waals surface area (Å²) in [4.78, 5) is 96.2. The summed E-state index contributed by atoms with van der Waals surface area (Å²) in [6, 6.07) is 7.65. The van der Waals surface area contributed by atoms with Gasteiger partial charge in [0, 0.05) is 47.8 Å². The Kier molecular flexibility index (Phi) is 16.1. The van der Waals surface area contributed by atoms with Gasteiger partial charge in [-0.15, -0.1) is 0 Å². The molecule has 1 aliphatic carbocycles. The number of aliphatic hydroxyl groups is 1. The molecule has 2 aromatic carbocycles. The Morgan fingerprint density at radius 3 is 2.49 bits per heavy atom. The van der Waals surface area contributed by atoms with Gasteiger partial charge < -0.3 is 56.3 Å². The number of carbonyl (C=O) groups is 6. The van der Waals surface area contributed by atoms with Gasteiger partial charge in [-0.05, 0) is 91.8 Å². The molecule has 0 unspecified atom stereocenters. The van der Waals surface area contributed by atoms with Crippen molar-refractivity contribution in [2.75, 3.05) is 18.4 Å². The van der Waals surface area contributed by atoms with Crippen LogP contribution in [-0.2, 0) is 60.4 Å². The molecule has 0 spiro atoms. The van der Waals surface area contributed by atoms with Crippen LogP contribution in [0.5, 0.6) is 0 Å². The Balaban J connectivity index is 1.04. The second-order valence-corrected chi connectivity index (χ2v) is 19.3. The van der Waals surface area contributed by atoms with Gasteiger partial charge in [0.25, 0.3) is 5.56 Å². The highest BCUT2D eigenvalue weighted by molar-refractivity contribution is 5.94. The summed E-state index contributed by atoms with van der Waals surface area (Å²) < 4.78 is 27.9. The molecular weight excluding hydrogens is 916 g/mol. The van der Waals surface area contributed by atoms with E-state index in [-0.39, 0.29) is 75.1 Å². The van der Waals surface area contributed by atoms with Crippen LogP contribution in [-0.4, -0.2) is 75.5 Å². The number of halogens is 1. The maximum absolute atomic E-state index is 15.4. The van der Waals surface area contributed by atoms with Crippen molar-refractivity contribution >= 4 is 52.8 Å². The fraction of sp³-hybridized carbons (Fsp3) is 0.500. The molecule has 0 saturated heterocycles. The third kappa shape index (κ3) is 11.0. The number of unbranched alkanes of at least 4 members (excludes halogenated alkanes) is 4. The van der Waals surface area contributed by atoms with E-state index in [1.165, 1.54) is 10.6 Å². The number of ether oxygens (including phenoxy) is 2. The van der Waals surface area contributed by atoms with E-state index in [2.05, 4.69) is 33.5 Å². The number of carbonyl (C=O) groups excluding carboxylic acids is 6. The molecular formula is C52H65FN8O10. The lowest BCUT2D eigenvalue weighted by Crippen LogP contribution is -2.60. The number of primary amides is 1. The van der Waals surface area contributed by atoms with Gasteiger partial charge in [-0.25, -0.2) is 23.8 Å². The van der Waals surface area contributed by atoms with Crippen LogP contribution < -0.4 is 37.9 Å². The van der Waals surface area contributed by atoms with Crippen LogP contribution in [0.2, 0.25) is 0 Å². The van der Waals surface area contributed by atoms with E-state index in [9.17, 15) is 38.7 Å². The van der Waals surface area contributed by atoms with Crippen molar-refractivity contribution in [3.8, 4) is 11.4 Å². The van der Waals surface area contributed by atoms with Gasteiger partial charge in [0.2, 0.25) is 11.8 Å². The number of nitrogens with two attached hydrogens (primary N) is 1. The zero-order valence-electron chi connectivity index (χ0n) is 41.1. The largest absolute Gasteiger partial charge is 0.458 e. The Labute approximate surface area is 411 Å². The molecule has 0 bridgehead atoms. The van der Waals surface area contributed by atoms with E-state index >= 15 is 4.39 Å². The van der Waals surface area contributed by atoms with Gasteiger partial charge >= 0.3 is 18.1 Å². The van der Waals surface area contributed by atoms with Crippen molar-refractivity contribution in [3.05, 3.63) is 91.5 Å². The van der Waals surface area contributed by atoms with Crippen LogP contribution >= 0.6 is 0 Å². The molecule has 0 saturated carbocycles. The maximum atomic E-state index is 15.4. The summed E-state index contributed by atoms with van der Waals surface area (Å²) in [5.74, 6) is -2.32. The lowest BCUT2D eigenvalue weighted by molar-refractivity contribution is -0.172. The topological polar surface area (TPSA) is 262 Å². The number of rotatable bonds is 22. The number of urea groups is 1. The van der Waals surface area contributed by atoms with Gasteiger partial charge in [0.15, 0.2) is 5.60 Å². The van der Waals surface area contributed by atoms with Crippen molar-refractivity contribution in [1.82, 2.24) is 30.8 Å². The summed E-state index contributed by atoms with van der Waals surface area (Å²) in [6.45, 7) is 8.87. The minimum atomic E-state index is -2.03. The van der Waals surface area contributed by atoms with Crippen LogP contribution in [0.15, 0.2) is 41.2 Å². The molecule has 0 fully saturated rings. The highest BCUT2D eigenvalue weighted by Gasteiger charge is 2.46. The normalized spacial score (nSPS) is 17.7. The first-order valence-corrected chi connectivity index (χ1v) is 24.6. The zero-order chi connectivity index (χ0) is 51.2. The van der Waals surface area contributed by atoms with Crippen molar-refractivity contribution in [2.45, 2.75) is 148 Å². The second kappa shape index (κ2) is 22.0. The van der Waals surface area contributed by atoms with Crippen LogP contribution in [0.4, 0.5) is 19.7 Å². The van der Waals surface area contributed by atoms with Crippen molar-refractivity contribution in [3.63, 3.8) is 0 Å². The Morgan fingerprint density at radius 1 is 1.06 bits per heavy atom. The first kappa shape index (κ1) is 51.9. The average molecular weight is 981 g/mol. The number of benzene rings is 2. The average Bonchev–Trinajstić information content (AvgIpc) is 3.72. The molecule has 7 rings (SSSR count). The molecule has 8 N–H and O–H groups in total. The molecule has 2 aromatic heterocycles. The molecule has 19 heteroatoms. The van der Waals surface area contributed by atoms with Crippen LogP contribution in [0.25, 0.3) is 22.3 Å². The number of aromatic nitrogens is 2. The Morgan fingerprint density at radius 2 is 1.80 bits per heavy atom. The molecule has 5 amide bonds. The molecule has 4 atom stereocenters. The van der Waals surface area contributed by atoms with Crippen LogP contribution in [0.3, 0.4) is 0 Å². The predicted octanol–water partition coefficient (Wildman–Crippen LogP) is 5.86. The third-order valence-electron chi connectivity index (χ3n) is 14.1. The number of amides is 5. The number of hydrogen-bond acceptors (Lipinski definition) is 12. The lowest BCUT2D eigenvalue weighted by atomic mass is 9.81. The summed E-state index contributed by atoms with van der Waals surface area (Å²) in [5.41, 5.74) is 6.54. The minimum Gasteiger partial charge on any atom is -0.458 e. The maximum Gasteiger partial charge on any atom is 0.407 e. The lowest BCUT2D eigenvalue weighted by Gasteiger charge is -2.33. The van der Waals surface area contributed by atoms with E-state index in [0.717, 1.165) is 31.2 Å². The van der Waals surface area contributed by atoms with E-state index < -0.39 is 58.6 Å². The summed E-state index contributed by atoms with van der Waals surface area (Å²) >= 11 is 0. The van der Waals surface area contributed by atoms with Crippen molar-refractivity contribution in [2.24, 2.45) is 11.7 Å². The molecule has 3 aliphatic rings. The number of nitrogens with one attached hydrogen (secondary N) is 5. The minimum absolute atomic E-state index is 0.0285. The molecule has 0 radical (unpaired) electrons. The monoisotopic (exact) mass is 980 g/mol. The van der Waals surface area contributed by atoms with Crippen LogP contribution in [0.1, 0.15) is 137 Å². The van der Waals surface area contributed by atoms with E-state index in [0.29, 0.717) is 82.2 Å². The number of aryl methyl sites for hydroxylation is 1. The summed E-state index contributed by atoms with van der Waals surface area (Å²) in [6.07, 6.45) is 6.31. The van der Waals surface area contributed by atoms with E-state index in [4.69, 9.17) is 20.2 Å². The first-order valence-electron chi connectivity index (χ1n) is 24.6. The standard InChI is InChI=1S/C52H65FN8O10/c1-6-8-9-10-11-13-41(63)59-44(29(3)4)46(64)60-51(28-62,20-12-21-55-49(54)67)27-56-32-16-14-31(15-17-32)25-71-50(68)58-38-19-18-33-30(5)37(53)23-39-42(33)43(38)34-24-61-40(45(34)57-39)22-36-35(47(61)65)26-70-48(66)52(36,69)7-2/h14-17,22-23,28-29,38,44,56,69H,6-13,18-21,24-27H2,1-5H3,(H,58,68)(H,59,63)(H,60,64)(H3,54,55,67)/t38-,44-,51+,52-/m0/s1. The fourth-order valence-electron chi connectivity index (χ4n) is 9.94. The Bertz CT molecular complexity index is 2780. The quantitative estimate of drug-likeness (QED) is 0.0245. The molecule has 71 heavy (non-hydrogen) atoms. The molecule has 4 aromatic rings. The van der Waals surface area contributed by atoms with Gasteiger partial charge in [0.1, 0.15) is 36.9 Å². The summed E-state index contributed by atoms with van der Waals surface area (Å²) in [7, 11) is 0. The van der Waals surface area contributed by atoms with Gasteiger partial charge in [-0.3, -0.25) is 14.4 Å². The molecule has 4 heterocycles. The summed E-state index contributed by atoms with van der Waals surface area (Å²) in [5, 5.41) is 26.6. The highest BCUT2D eigenvalue weighted by Crippen LogP contribution is 2.46. The third-order valence-corrected chi connectivity index (χ3v) is 14.1. The van der Waals surface area contributed by atoms with Gasteiger partial charge in [-0.2, -0.15) is 0 Å². The second-order valence-electron chi connectivity index (χ2n) is 19.3. The number of fused-ring (bicyclic) bond motifs is 5. The predicted molar refractivity (Wildman–Crippen MR) is 262 cm³/mol. The van der Waals surface area contributed by atoms with Gasteiger partial charge in [0.05, 0.1) is 35.1 Å². The van der Waals surface area contributed by atoms with E-state index in [1.807, 2.05) is 13.8 Å². The molecule has 380 valence electrons. The van der Waals surface area contributed by atoms with Crippen LogP contribution in [0, 0.1) is 18.7 Å². The first-order chi connectivity index (χ1) is 33.9. The Hall–Kier alpha value is -6.89. The SMILES string of the molecule is CCCCCCCC(=O)N[C@H](C(=O)N[C@](C=O)(CCCNC(N)=O)CNc1ccc(COC(=O)N[C@H]2CCc3c(C)c(F)cc4nc5c(c2c34)Cn2c-5cc3c(c2=O)COC(=O)[C@]3(O)CC)cc1)C(C)C. The number of nitrogens with zero attached hydrogens (tertiary/aromatic N) is 2. The van der Waals surface area contributed by atoms with Crippen molar-refractivity contribution < 1.29 is 47.7 Å². The number of cyclic esters (lactones) is 1. The number of pyridine rings is 2. The number of aldehydes is 1. The number of alkyl carbamates (subject to hydrolysis) is 1. The van der Waals surface area contributed by atoms with E-state index in [1.54, 1.807) is 44.2 Å². The fourth-order valence-corrected chi connectivity index (χ4v) is 9.94. The van der Waals surface area contributed by atoms with Gasteiger partial charge in [-0.1, -0.05) is 65.5 Å². The number of esters is 1. The highest BCUT2D eigenvalue weighted by atomic mass is 19.1. The zero-order valence-corrected chi connectivity index (χ0v) is 41.1. The number of hydrogen-bond donors (Lipinski definition) is 7. The smallest absolute Gasteiger partial charge is 0.407 e. The molecule has 2 aliphatic heterocycles. The molecule has 18 nitrogen and oxygen atoms in total. The number of anilines is 1.